The fourth-order valence-corrected chi connectivity index (χ4v) is 3.98. The first-order valence-electron chi connectivity index (χ1n) is 13.1. The molecule has 11 nitrogen and oxygen atoms in total. The number of hydrogen-bond donors (Lipinski definition) is 4. The molecular formula is C29H33ClF3N5O6. The number of anilines is 1. The molecule has 2 aromatic rings. The molecule has 2 aromatic carbocycles. The molecule has 0 saturated carbocycles. The third-order valence-corrected chi connectivity index (χ3v) is 6.37. The number of nitrogens with one attached hydrogen (secondary N) is 3. The minimum Gasteiger partial charge on any atom is -0.465 e. The molecule has 0 spiro atoms. The van der Waals surface area contributed by atoms with Crippen molar-refractivity contribution in [2.24, 2.45) is 5.41 Å². The minimum atomic E-state index is -4.79. The van der Waals surface area contributed by atoms with Crippen LogP contribution in [-0.4, -0.2) is 53.8 Å². The molecule has 0 radical (unpaired) electrons. The highest BCUT2D eigenvalue weighted by Crippen LogP contribution is 2.31. The number of carbonyl (C=O) groups is 5. The summed E-state index contributed by atoms with van der Waals surface area (Å²) in [5.74, 6) is -4.69. The number of halogens is 4. The summed E-state index contributed by atoms with van der Waals surface area (Å²) in [6, 6.07) is 4.50. The van der Waals surface area contributed by atoms with E-state index in [2.05, 4.69) is 22.6 Å². The molecule has 0 aliphatic rings. The molecule has 0 saturated heterocycles. The van der Waals surface area contributed by atoms with Gasteiger partial charge in [-0.15, -0.1) is 0 Å². The number of rotatable bonds is 10. The van der Waals surface area contributed by atoms with Gasteiger partial charge in [-0.1, -0.05) is 51.1 Å². The summed E-state index contributed by atoms with van der Waals surface area (Å²) < 4.78 is 45.4. The van der Waals surface area contributed by atoms with Crippen LogP contribution in [0.2, 0.25) is 5.02 Å². The number of benzene rings is 2. The Morgan fingerprint density at radius 2 is 1.70 bits per heavy atom. The van der Waals surface area contributed by atoms with Gasteiger partial charge < -0.3 is 21.1 Å². The molecule has 2 unspecified atom stereocenters. The summed E-state index contributed by atoms with van der Waals surface area (Å²) in [6.07, 6.45) is -4.01. The van der Waals surface area contributed by atoms with E-state index in [-0.39, 0.29) is 28.4 Å². The van der Waals surface area contributed by atoms with Crippen LogP contribution in [0.25, 0.3) is 0 Å². The number of nitrogen functional groups attached to an aromatic ring is 1. The number of carbonyl (C=O) groups excluding carboxylic acids is 5. The molecular weight excluding hydrogens is 607 g/mol. The van der Waals surface area contributed by atoms with Crippen LogP contribution < -0.4 is 21.8 Å². The number of esters is 1. The van der Waals surface area contributed by atoms with Crippen LogP contribution in [0.3, 0.4) is 0 Å². The van der Waals surface area contributed by atoms with Crippen molar-refractivity contribution in [1.29, 1.82) is 0 Å². The zero-order chi connectivity index (χ0) is 33.4. The van der Waals surface area contributed by atoms with Gasteiger partial charge in [0.2, 0.25) is 5.91 Å². The summed E-state index contributed by atoms with van der Waals surface area (Å²) >= 11 is 6.01. The Morgan fingerprint density at radius 3 is 2.25 bits per heavy atom. The number of hydrazine groups is 1. The summed E-state index contributed by atoms with van der Waals surface area (Å²) in [6.45, 7) is 8.84. The van der Waals surface area contributed by atoms with Gasteiger partial charge in [0.15, 0.2) is 0 Å². The van der Waals surface area contributed by atoms with Crippen LogP contribution in [0.4, 0.5) is 18.9 Å². The normalized spacial score (nSPS) is 12.7. The highest BCUT2D eigenvalue weighted by molar-refractivity contribution is 6.33. The Morgan fingerprint density at radius 1 is 1.05 bits per heavy atom. The molecule has 0 bridgehead atoms. The second kappa shape index (κ2) is 14.7. The first-order valence-corrected chi connectivity index (χ1v) is 13.5. The smallest absolute Gasteiger partial charge is 0.416 e. The lowest BCUT2D eigenvalue weighted by Gasteiger charge is -2.32. The highest BCUT2D eigenvalue weighted by atomic mass is 35.5. The molecule has 0 aromatic heterocycles. The van der Waals surface area contributed by atoms with Crippen molar-refractivity contribution >= 4 is 46.9 Å². The fraction of sp³-hybridized carbons (Fsp3) is 0.345. The Bertz CT molecular complexity index is 1430. The Labute approximate surface area is 256 Å². The minimum absolute atomic E-state index is 0.0334. The van der Waals surface area contributed by atoms with Gasteiger partial charge in [-0.25, -0.2) is 5.01 Å². The quantitative estimate of drug-likeness (QED) is 0.134. The summed E-state index contributed by atoms with van der Waals surface area (Å²) in [4.78, 5) is 64.6. The molecule has 238 valence electrons. The van der Waals surface area contributed by atoms with E-state index in [9.17, 15) is 37.1 Å². The van der Waals surface area contributed by atoms with Crippen molar-refractivity contribution < 1.29 is 41.9 Å². The van der Waals surface area contributed by atoms with Crippen LogP contribution in [0.15, 0.2) is 55.1 Å². The number of hydrogen-bond acceptors (Lipinski definition) is 7. The first-order chi connectivity index (χ1) is 20.4. The molecule has 0 aliphatic carbocycles. The molecule has 15 heteroatoms. The molecule has 4 amide bonds. The van der Waals surface area contributed by atoms with Gasteiger partial charge in [0.25, 0.3) is 17.7 Å². The molecule has 0 aliphatic heterocycles. The van der Waals surface area contributed by atoms with Crippen LogP contribution in [-0.2, 0) is 30.1 Å². The molecule has 2 rings (SSSR count). The van der Waals surface area contributed by atoms with Gasteiger partial charge in [-0.05, 0) is 54.3 Å². The third kappa shape index (κ3) is 9.73. The molecule has 2 atom stereocenters. The monoisotopic (exact) mass is 639 g/mol. The van der Waals surface area contributed by atoms with E-state index in [0.29, 0.717) is 11.1 Å². The van der Waals surface area contributed by atoms with E-state index in [0.717, 1.165) is 24.3 Å². The van der Waals surface area contributed by atoms with Crippen molar-refractivity contribution in [3.63, 3.8) is 0 Å². The van der Waals surface area contributed by atoms with E-state index in [1.165, 1.54) is 25.1 Å². The van der Waals surface area contributed by atoms with Gasteiger partial charge in [-0.2, -0.15) is 13.2 Å². The first kappa shape index (κ1) is 35.6. The second-order valence-corrected chi connectivity index (χ2v) is 10.9. The molecule has 5 N–H and O–H groups in total. The lowest BCUT2D eigenvalue weighted by molar-refractivity contribution is -0.152. The predicted octanol–water partition coefficient (Wildman–Crippen LogP) is 3.55. The van der Waals surface area contributed by atoms with Crippen molar-refractivity contribution in [3.05, 3.63) is 76.8 Å². The predicted molar refractivity (Wildman–Crippen MR) is 156 cm³/mol. The van der Waals surface area contributed by atoms with Crippen LogP contribution in [0.1, 0.15) is 55.2 Å². The fourth-order valence-electron chi connectivity index (χ4n) is 3.79. The van der Waals surface area contributed by atoms with Gasteiger partial charge in [-0.3, -0.25) is 29.4 Å². The lowest BCUT2D eigenvalue weighted by Crippen LogP contribution is -2.57. The van der Waals surface area contributed by atoms with Crippen LogP contribution in [0, 0.1) is 5.41 Å². The van der Waals surface area contributed by atoms with Gasteiger partial charge >= 0.3 is 12.1 Å². The number of nitrogens with two attached hydrogens (primary N) is 1. The SMILES string of the molecule is C=CC(=O)N(CC(=O)OCC)NC(=O)C(NC(=O)C(NC(=O)c1ccc(N)c(Cl)c1)C(C)(C)C)c1cccc(C(F)(F)F)c1. The van der Waals surface area contributed by atoms with Crippen molar-refractivity contribution in [2.75, 3.05) is 18.9 Å². The van der Waals surface area contributed by atoms with E-state index in [1.54, 1.807) is 20.8 Å². The maximum absolute atomic E-state index is 13.6. The molecule has 0 fully saturated rings. The van der Waals surface area contributed by atoms with Gasteiger partial charge in [0.1, 0.15) is 18.6 Å². The summed E-state index contributed by atoms with van der Waals surface area (Å²) in [7, 11) is 0. The maximum atomic E-state index is 13.6. The largest absolute Gasteiger partial charge is 0.465 e. The zero-order valence-electron chi connectivity index (χ0n) is 24.4. The Kier molecular flexibility index (Phi) is 11.9. The van der Waals surface area contributed by atoms with E-state index in [4.69, 9.17) is 22.1 Å². The number of ether oxygens (including phenoxy) is 1. The van der Waals surface area contributed by atoms with Crippen molar-refractivity contribution in [1.82, 2.24) is 21.1 Å². The topological polar surface area (TPSA) is 160 Å². The van der Waals surface area contributed by atoms with Gasteiger partial charge in [0, 0.05) is 5.56 Å². The second-order valence-electron chi connectivity index (χ2n) is 10.5. The van der Waals surface area contributed by atoms with Crippen LogP contribution in [0.5, 0.6) is 0 Å². The third-order valence-electron chi connectivity index (χ3n) is 6.04. The Hall–Kier alpha value is -4.59. The van der Waals surface area contributed by atoms with Crippen molar-refractivity contribution in [2.45, 2.75) is 46.0 Å². The average Bonchev–Trinajstić information content (AvgIpc) is 2.94. The summed E-state index contributed by atoms with van der Waals surface area (Å²) in [5.41, 5.74) is 5.71. The standard InChI is InChI=1S/C29H33ClF3N5O6/c1-6-21(39)38(15-22(40)44-7-2)37-26(42)23(16-9-8-10-18(13-16)29(31,32)33)35-27(43)24(28(3,4)5)36-25(41)17-11-12-20(34)19(30)14-17/h6,8-14,23-24H,1,7,15,34H2,2-5H3,(H,35,43)(H,36,41)(H,37,42). The summed E-state index contributed by atoms with van der Waals surface area (Å²) in [5, 5.41) is 5.57. The average molecular weight is 640 g/mol. The van der Waals surface area contributed by atoms with Gasteiger partial charge in [0.05, 0.1) is 22.9 Å². The highest BCUT2D eigenvalue weighted by Gasteiger charge is 2.37. The number of nitrogens with zero attached hydrogens (tertiary/aromatic N) is 1. The van der Waals surface area contributed by atoms with E-state index < -0.39 is 65.4 Å². The van der Waals surface area contributed by atoms with Crippen LogP contribution >= 0.6 is 11.6 Å². The van der Waals surface area contributed by atoms with E-state index in [1.807, 2.05) is 0 Å². The van der Waals surface area contributed by atoms with Crippen molar-refractivity contribution in [3.8, 4) is 0 Å². The Balaban J connectivity index is 2.50. The molecule has 44 heavy (non-hydrogen) atoms. The number of alkyl halides is 3. The number of amides is 4. The lowest BCUT2D eigenvalue weighted by atomic mass is 9.85. The maximum Gasteiger partial charge on any atom is 0.416 e. The van der Waals surface area contributed by atoms with E-state index >= 15 is 0 Å². The zero-order valence-corrected chi connectivity index (χ0v) is 25.1. The molecule has 0 heterocycles.